The highest BCUT2D eigenvalue weighted by atomic mass is 127. The molecule has 1 heterocycles. The molecule has 0 amide bonds. The van der Waals surface area contributed by atoms with Gasteiger partial charge in [0.15, 0.2) is 0 Å². The van der Waals surface area contributed by atoms with Crippen molar-refractivity contribution in [2.75, 3.05) is 13.2 Å². The molecule has 0 radical (unpaired) electrons. The average molecular weight is 345 g/mol. The lowest BCUT2D eigenvalue weighted by Gasteiger charge is -2.10. The van der Waals surface area contributed by atoms with E-state index in [4.69, 9.17) is 21.4 Å². The lowest BCUT2D eigenvalue weighted by Crippen LogP contribution is -2.13. The molecular formula is C9H14ClIN2O2. The fourth-order valence-corrected chi connectivity index (χ4v) is 2.40. The smallest absolute Gasteiger partial charge is 0.246 e. The van der Waals surface area contributed by atoms with E-state index in [2.05, 4.69) is 27.7 Å². The number of halogens is 2. The molecule has 0 unspecified atom stereocenters. The van der Waals surface area contributed by atoms with Crippen LogP contribution >= 0.6 is 34.2 Å². The first-order valence-corrected chi connectivity index (χ1v) is 6.33. The Labute approximate surface area is 108 Å². The van der Waals surface area contributed by atoms with Gasteiger partial charge in [-0.1, -0.05) is 0 Å². The number of nitrogens with zero attached hydrogens (tertiary/aromatic N) is 2. The van der Waals surface area contributed by atoms with E-state index < -0.39 is 0 Å². The maximum absolute atomic E-state index is 9.09. The topological polar surface area (TPSA) is 47.3 Å². The number of hydrogen-bond donors (Lipinski definition) is 1. The highest BCUT2D eigenvalue weighted by molar-refractivity contribution is 14.1. The summed E-state index contributed by atoms with van der Waals surface area (Å²) in [6.45, 7) is 4.40. The monoisotopic (exact) mass is 344 g/mol. The Bertz CT molecular complexity index is 330. The molecule has 0 aromatic carbocycles. The maximum Gasteiger partial charge on any atom is 0.246 e. The van der Waals surface area contributed by atoms with Gasteiger partial charge in [-0.25, -0.2) is 0 Å². The summed E-state index contributed by atoms with van der Waals surface area (Å²) in [7, 11) is 0. The van der Waals surface area contributed by atoms with Crippen LogP contribution in [0.25, 0.3) is 0 Å². The molecule has 86 valence electrons. The Morgan fingerprint density at radius 1 is 1.67 bits per heavy atom. The second-order valence-corrected chi connectivity index (χ2v) is 4.45. The van der Waals surface area contributed by atoms with E-state index in [1.165, 1.54) is 0 Å². The van der Waals surface area contributed by atoms with Gasteiger partial charge in [0.2, 0.25) is 5.88 Å². The van der Waals surface area contributed by atoms with Crippen molar-refractivity contribution in [3.63, 3.8) is 0 Å². The van der Waals surface area contributed by atoms with E-state index >= 15 is 0 Å². The zero-order valence-corrected chi connectivity index (χ0v) is 11.6. The number of aromatic nitrogens is 2. The minimum Gasteiger partial charge on any atom is -0.476 e. The van der Waals surface area contributed by atoms with Gasteiger partial charge in [-0.15, -0.1) is 16.7 Å². The molecule has 15 heavy (non-hydrogen) atoms. The Morgan fingerprint density at radius 2 is 2.33 bits per heavy atom. The molecule has 0 saturated carbocycles. The van der Waals surface area contributed by atoms with Crippen molar-refractivity contribution in [2.24, 2.45) is 0 Å². The summed E-state index contributed by atoms with van der Waals surface area (Å²) in [6.07, 6.45) is 0. The zero-order chi connectivity index (χ0) is 11.4. The molecule has 0 aliphatic heterocycles. The highest BCUT2D eigenvalue weighted by Gasteiger charge is 2.18. The number of aliphatic hydroxyl groups excluding tert-OH is 1. The molecule has 6 heteroatoms. The van der Waals surface area contributed by atoms with Crippen LogP contribution in [0, 0.1) is 3.57 Å². The van der Waals surface area contributed by atoms with Crippen LogP contribution in [0.3, 0.4) is 0 Å². The first-order chi connectivity index (χ1) is 7.15. The van der Waals surface area contributed by atoms with Gasteiger partial charge in [0.1, 0.15) is 0 Å². The summed E-state index contributed by atoms with van der Waals surface area (Å²) in [5.41, 5.74) is 0.891. The van der Waals surface area contributed by atoms with Crippen LogP contribution in [0.2, 0.25) is 0 Å². The Morgan fingerprint density at radius 3 is 2.80 bits per heavy atom. The van der Waals surface area contributed by atoms with Crippen LogP contribution in [0.5, 0.6) is 5.88 Å². The lowest BCUT2D eigenvalue weighted by atomic mass is 10.3. The number of alkyl halides is 1. The third-order valence-corrected chi connectivity index (χ3v) is 3.34. The third-order valence-electron chi connectivity index (χ3n) is 2.01. The molecular weight excluding hydrogens is 330 g/mol. The SMILES string of the molecule is CCOc1nn([C@@H](C)CO)c(CCl)c1I. The van der Waals surface area contributed by atoms with E-state index in [0.29, 0.717) is 18.4 Å². The lowest BCUT2D eigenvalue weighted by molar-refractivity contribution is 0.224. The summed E-state index contributed by atoms with van der Waals surface area (Å²) in [4.78, 5) is 0. The van der Waals surface area contributed by atoms with E-state index in [1.807, 2.05) is 13.8 Å². The fraction of sp³-hybridized carbons (Fsp3) is 0.667. The molecule has 1 aromatic heterocycles. The van der Waals surface area contributed by atoms with E-state index in [0.717, 1.165) is 9.26 Å². The van der Waals surface area contributed by atoms with Crippen LogP contribution in [0.1, 0.15) is 25.6 Å². The van der Waals surface area contributed by atoms with Gasteiger partial charge in [-0.2, -0.15) is 0 Å². The van der Waals surface area contributed by atoms with Gasteiger partial charge in [-0.3, -0.25) is 4.68 Å². The Kier molecular flexibility index (Phi) is 5.14. The molecule has 0 spiro atoms. The van der Waals surface area contributed by atoms with E-state index in [9.17, 15) is 0 Å². The zero-order valence-electron chi connectivity index (χ0n) is 8.70. The largest absolute Gasteiger partial charge is 0.476 e. The Balaban J connectivity index is 3.09. The number of aliphatic hydroxyl groups is 1. The van der Waals surface area contributed by atoms with Crippen LogP contribution in [-0.4, -0.2) is 28.1 Å². The van der Waals surface area contributed by atoms with Crippen molar-refractivity contribution in [1.82, 2.24) is 9.78 Å². The average Bonchev–Trinajstić information content (AvgIpc) is 2.55. The predicted octanol–water partition coefficient (Wildman–Crippen LogP) is 2.18. The van der Waals surface area contributed by atoms with E-state index in [-0.39, 0.29) is 12.6 Å². The van der Waals surface area contributed by atoms with Crippen LogP contribution in [0.4, 0.5) is 0 Å². The number of hydrogen-bond acceptors (Lipinski definition) is 3. The number of ether oxygens (including phenoxy) is 1. The molecule has 1 atom stereocenters. The Hall–Kier alpha value is -0.0100. The summed E-state index contributed by atoms with van der Waals surface area (Å²) in [5.74, 6) is 0.955. The first kappa shape index (κ1) is 13.1. The molecule has 4 nitrogen and oxygen atoms in total. The summed E-state index contributed by atoms with van der Waals surface area (Å²) in [5, 5.41) is 13.4. The van der Waals surface area contributed by atoms with Crippen molar-refractivity contribution in [2.45, 2.75) is 25.8 Å². The highest BCUT2D eigenvalue weighted by Crippen LogP contribution is 2.27. The second kappa shape index (κ2) is 5.91. The molecule has 0 aliphatic rings. The summed E-state index contributed by atoms with van der Waals surface area (Å²) >= 11 is 8.01. The van der Waals surface area contributed by atoms with Gasteiger partial charge in [0.25, 0.3) is 0 Å². The molecule has 0 fully saturated rings. The van der Waals surface area contributed by atoms with Gasteiger partial charge in [0, 0.05) is 0 Å². The minimum absolute atomic E-state index is 0.0349. The molecule has 0 bridgehead atoms. The van der Waals surface area contributed by atoms with E-state index in [1.54, 1.807) is 4.68 Å². The van der Waals surface area contributed by atoms with Crippen LogP contribution < -0.4 is 4.74 Å². The predicted molar refractivity (Wildman–Crippen MR) is 67.5 cm³/mol. The first-order valence-electron chi connectivity index (χ1n) is 4.72. The van der Waals surface area contributed by atoms with Crippen molar-refractivity contribution < 1.29 is 9.84 Å². The van der Waals surface area contributed by atoms with Gasteiger partial charge < -0.3 is 9.84 Å². The molecule has 1 N–H and O–H groups in total. The van der Waals surface area contributed by atoms with Gasteiger partial charge >= 0.3 is 0 Å². The van der Waals surface area contributed by atoms with Gasteiger partial charge in [-0.05, 0) is 36.4 Å². The summed E-state index contributed by atoms with van der Waals surface area (Å²) in [6, 6.07) is -0.0820. The minimum atomic E-state index is -0.0820. The van der Waals surface area contributed by atoms with Crippen molar-refractivity contribution >= 4 is 34.2 Å². The normalized spacial score (nSPS) is 12.9. The maximum atomic E-state index is 9.09. The summed E-state index contributed by atoms with van der Waals surface area (Å²) < 4.78 is 8.02. The fourth-order valence-electron chi connectivity index (χ4n) is 1.22. The van der Waals surface area contributed by atoms with Crippen LogP contribution in [0.15, 0.2) is 0 Å². The molecule has 1 aromatic rings. The quantitative estimate of drug-likeness (QED) is 0.658. The van der Waals surface area contributed by atoms with Crippen LogP contribution in [-0.2, 0) is 5.88 Å². The van der Waals surface area contributed by atoms with Gasteiger partial charge in [0.05, 0.1) is 34.4 Å². The molecule has 0 saturated heterocycles. The molecule has 0 aliphatic carbocycles. The van der Waals surface area contributed by atoms with Crippen molar-refractivity contribution in [1.29, 1.82) is 0 Å². The second-order valence-electron chi connectivity index (χ2n) is 3.11. The number of rotatable bonds is 5. The third kappa shape index (κ3) is 2.76. The standard InChI is InChI=1S/C9H14ClIN2O2/c1-3-15-9-8(11)7(4-10)13(12-9)6(2)5-14/h6,14H,3-5H2,1-2H3/t6-/m0/s1. The van der Waals surface area contributed by atoms with Crippen molar-refractivity contribution in [3.05, 3.63) is 9.26 Å². The molecule has 1 rings (SSSR count). The van der Waals surface area contributed by atoms with Crippen molar-refractivity contribution in [3.8, 4) is 5.88 Å².